The summed E-state index contributed by atoms with van der Waals surface area (Å²) >= 11 is 0. The number of hydrogen-bond donors (Lipinski definition) is 2. The van der Waals surface area contributed by atoms with Gasteiger partial charge in [0.05, 0.1) is 11.1 Å². The monoisotopic (exact) mass is 290 g/mol. The fraction of sp³-hybridized carbons (Fsp3) is 0.333. The maximum absolute atomic E-state index is 12.6. The standard InChI is InChI=1S/C12H13F3N2O3/c1-6(11(19)20)17(2)9-4-3-7(12(13,14)15)5-8(9)10(16)18/h3-6H,1-2H3,(H2,16,18)(H,19,20). The third kappa shape index (κ3) is 3.19. The number of carboxylic acids is 1. The topological polar surface area (TPSA) is 83.6 Å². The van der Waals surface area contributed by atoms with Crippen LogP contribution in [0.5, 0.6) is 0 Å². The van der Waals surface area contributed by atoms with Gasteiger partial charge in [-0.05, 0) is 25.1 Å². The number of likely N-dealkylation sites (N-methyl/N-ethyl adjacent to an activating group) is 1. The van der Waals surface area contributed by atoms with E-state index >= 15 is 0 Å². The lowest BCUT2D eigenvalue weighted by Crippen LogP contribution is -2.37. The van der Waals surface area contributed by atoms with Crippen molar-refractivity contribution in [1.82, 2.24) is 0 Å². The minimum absolute atomic E-state index is 0.0281. The van der Waals surface area contributed by atoms with Crippen molar-refractivity contribution >= 4 is 17.6 Å². The average molecular weight is 290 g/mol. The van der Waals surface area contributed by atoms with Gasteiger partial charge in [-0.15, -0.1) is 0 Å². The van der Waals surface area contributed by atoms with Crippen LogP contribution in [0.3, 0.4) is 0 Å². The zero-order chi connectivity index (χ0) is 15.7. The molecule has 3 N–H and O–H groups in total. The van der Waals surface area contributed by atoms with E-state index in [0.29, 0.717) is 6.07 Å². The van der Waals surface area contributed by atoms with E-state index in [1.807, 2.05) is 0 Å². The Labute approximate surface area is 112 Å². The van der Waals surface area contributed by atoms with Crippen molar-refractivity contribution in [3.63, 3.8) is 0 Å². The van der Waals surface area contributed by atoms with Crippen LogP contribution in [0.25, 0.3) is 0 Å². The molecule has 1 unspecified atom stereocenters. The van der Waals surface area contributed by atoms with E-state index in [1.165, 1.54) is 18.9 Å². The minimum Gasteiger partial charge on any atom is -0.480 e. The second-order valence-corrected chi connectivity index (χ2v) is 4.22. The Morgan fingerprint density at radius 3 is 2.30 bits per heavy atom. The van der Waals surface area contributed by atoms with Crippen molar-refractivity contribution in [2.45, 2.75) is 19.1 Å². The average Bonchev–Trinajstić information content (AvgIpc) is 2.34. The fourth-order valence-corrected chi connectivity index (χ4v) is 1.59. The van der Waals surface area contributed by atoms with Crippen molar-refractivity contribution in [3.05, 3.63) is 29.3 Å². The molecule has 0 aromatic heterocycles. The van der Waals surface area contributed by atoms with Crippen molar-refractivity contribution in [2.24, 2.45) is 5.73 Å². The number of carboxylic acid groups (broad SMARTS) is 1. The van der Waals surface area contributed by atoms with Crippen LogP contribution in [0.2, 0.25) is 0 Å². The van der Waals surface area contributed by atoms with E-state index in [4.69, 9.17) is 10.8 Å². The first-order valence-electron chi connectivity index (χ1n) is 5.52. The van der Waals surface area contributed by atoms with Crippen LogP contribution in [0, 0.1) is 0 Å². The molecule has 0 aliphatic carbocycles. The minimum atomic E-state index is -4.61. The molecule has 0 fully saturated rings. The third-order valence-electron chi connectivity index (χ3n) is 2.91. The Kier molecular flexibility index (Phi) is 4.26. The molecular formula is C12H13F3N2O3. The normalized spacial score (nSPS) is 12.8. The predicted molar refractivity (Wildman–Crippen MR) is 65.5 cm³/mol. The van der Waals surface area contributed by atoms with Crippen LogP contribution in [0.15, 0.2) is 18.2 Å². The quantitative estimate of drug-likeness (QED) is 0.884. The van der Waals surface area contributed by atoms with Gasteiger partial charge < -0.3 is 15.7 Å². The number of nitrogens with two attached hydrogens (primary N) is 1. The zero-order valence-electron chi connectivity index (χ0n) is 10.7. The van der Waals surface area contributed by atoms with Crippen molar-refractivity contribution in [1.29, 1.82) is 0 Å². The SMILES string of the molecule is CC(C(=O)O)N(C)c1ccc(C(F)(F)F)cc1C(N)=O. The van der Waals surface area contributed by atoms with Gasteiger partial charge in [0, 0.05) is 12.7 Å². The molecule has 1 aromatic carbocycles. The summed E-state index contributed by atoms with van der Waals surface area (Å²) in [6.45, 7) is 1.34. The number of benzene rings is 1. The van der Waals surface area contributed by atoms with Gasteiger partial charge in [-0.1, -0.05) is 0 Å². The van der Waals surface area contributed by atoms with Gasteiger partial charge in [-0.25, -0.2) is 4.79 Å². The van der Waals surface area contributed by atoms with Crippen molar-refractivity contribution < 1.29 is 27.9 Å². The van der Waals surface area contributed by atoms with Crippen LogP contribution in [0.1, 0.15) is 22.8 Å². The molecule has 1 amide bonds. The molecule has 1 aromatic rings. The van der Waals surface area contributed by atoms with Crippen molar-refractivity contribution in [3.8, 4) is 0 Å². The van der Waals surface area contributed by atoms with Gasteiger partial charge in [0.1, 0.15) is 6.04 Å². The fourth-order valence-electron chi connectivity index (χ4n) is 1.59. The molecule has 8 heteroatoms. The maximum atomic E-state index is 12.6. The van der Waals surface area contributed by atoms with Gasteiger partial charge in [-0.2, -0.15) is 13.2 Å². The molecule has 0 aliphatic rings. The molecule has 20 heavy (non-hydrogen) atoms. The number of primary amides is 1. The highest BCUT2D eigenvalue weighted by atomic mass is 19.4. The summed E-state index contributed by atoms with van der Waals surface area (Å²) in [5.41, 5.74) is 3.69. The molecule has 1 atom stereocenters. The van der Waals surface area contributed by atoms with Crippen molar-refractivity contribution in [2.75, 3.05) is 11.9 Å². The molecule has 0 saturated carbocycles. The summed E-state index contributed by atoms with van der Waals surface area (Å²) in [5, 5.41) is 8.89. The molecular weight excluding hydrogens is 277 g/mol. The number of halogens is 3. The number of carbonyl (C=O) groups is 2. The summed E-state index contributed by atoms with van der Waals surface area (Å²) in [6, 6.07) is 1.39. The number of amides is 1. The molecule has 0 spiro atoms. The number of rotatable bonds is 4. The lowest BCUT2D eigenvalue weighted by atomic mass is 10.1. The van der Waals surface area contributed by atoms with Crippen LogP contribution in [0.4, 0.5) is 18.9 Å². The number of anilines is 1. The van der Waals surface area contributed by atoms with E-state index in [2.05, 4.69) is 0 Å². The number of aliphatic carboxylic acids is 1. The van der Waals surface area contributed by atoms with Crippen LogP contribution < -0.4 is 10.6 Å². The first kappa shape index (κ1) is 15.8. The molecule has 0 heterocycles. The van der Waals surface area contributed by atoms with Gasteiger partial charge in [-0.3, -0.25) is 4.79 Å². The summed E-state index contributed by atoms with van der Waals surface area (Å²) in [4.78, 5) is 23.3. The highest BCUT2D eigenvalue weighted by molar-refractivity contribution is 5.99. The second-order valence-electron chi connectivity index (χ2n) is 4.22. The van der Waals surface area contributed by atoms with Crippen LogP contribution >= 0.6 is 0 Å². The number of carbonyl (C=O) groups excluding carboxylic acids is 1. The van der Waals surface area contributed by atoms with Gasteiger partial charge in [0.25, 0.3) is 5.91 Å². The van der Waals surface area contributed by atoms with Crippen LogP contribution in [-0.4, -0.2) is 30.1 Å². The molecule has 1 rings (SSSR count). The van der Waals surface area contributed by atoms with E-state index < -0.39 is 29.7 Å². The summed E-state index contributed by atoms with van der Waals surface area (Å²) in [6.07, 6.45) is -4.61. The van der Waals surface area contributed by atoms with Gasteiger partial charge in [0.2, 0.25) is 0 Å². The molecule has 5 nitrogen and oxygen atoms in total. The Bertz CT molecular complexity index is 543. The highest BCUT2D eigenvalue weighted by Gasteiger charge is 2.32. The molecule has 0 bridgehead atoms. The first-order chi connectivity index (χ1) is 9.05. The lowest BCUT2D eigenvalue weighted by molar-refractivity contribution is -0.138. The molecule has 0 radical (unpaired) electrons. The van der Waals surface area contributed by atoms with E-state index in [-0.39, 0.29) is 11.3 Å². The Hall–Kier alpha value is -2.25. The third-order valence-corrected chi connectivity index (χ3v) is 2.91. The highest BCUT2D eigenvalue weighted by Crippen LogP contribution is 2.33. The zero-order valence-corrected chi connectivity index (χ0v) is 10.7. The summed E-state index contributed by atoms with van der Waals surface area (Å²) in [7, 11) is 1.35. The largest absolute Gasteiger partial charge is 0.480 e. The van der Waals surface area contributed by atoms with E-state index in [9.17, 15) is 22.8 Å². The maximum Gasteiger partial charge on any atom is 0.416 e. The Morgan fingerprint density at radius 1 is 1.35 bits per heavy atom. The summed E-state index contributed by atoms with van der Waals surface area (Å²) < 4.78 is 37.8. The van der Waals surface area contributed by atoms with E-state index in [0.717, 1.165) is 12.1 Å². The van der Waals surface area contributed by atoms with Gasteiger partial charge in [0.15, 0.2) is 0 Å². The number of nitrogens with zero attached hydrogens (tertiary/aromatic N) is 1. The second kappa shape index (κ2) is 5.40. The molecule has 110 valence electrons. The Balaban J connectivity index is 3.34. The van der Waals surface area contributed by atoms with E-state index in [1.54, 1.807) is 0 Å². The summed E-state index contributed by atoms with van der Waals surface area (Å²) in [5.74, 6) is -2.24. The number of hydrogen-bond acceptors (Lipinski definition) is 3. The van der Waals surface area contributed by atoms with Crippen LogP contribution in [-0.2, 0) is 11.0 Å². The predicted octanol–water partition coefficient (Wildman–Crippen LogP) is 1.71. The molecule has 0 saturated heterocycles. The lowest BCUT2D eigenvalue weighted by Gasteiger charge is -2.26. The number of alkyl halides is 3. The smallest absolute Gasteiger partial charge is 0.416 e. The first-order valence-corrected chi connectivity index (χ1v) is 5.52. The van der Waals surface area contributed by atoms with Gasteiger partial charge >= 0.3 is 12.1 Å². The molecule has 0 aliphatic heterocycles. The Morgan fingerprint density at radius 2 is 1.90 bits per heavy atom.